The van der Waals surface area contributed by atoms with Crippen LogP contribution < -0.4 is 0 Å². The first-order chi connectivity index (χ1) is 9.17. The van der Waals surface area contributed by atoms with Crippen molar-refractivity contribution in [1.29, 1.82) is 0 Å². The van der Waals surface area contributed by atoms with Crippen molar-refractivity contribution in [3.63, 3.8) is 0 Å². The molecule has 0 N–H and O–H groups in total. The fourth-order valence-electron chi connectivity index (χ4n) is 3.37. The number of rotatable bonds is 4. The van der Waals surface area contributed by atoms with Gasteiger partial charge in [-0.15, -0.1) is 11.8 Å². The zero-order chi connectivity index (χ0) is 13.3. The summed E-state index contributed by atoms with van der Waals surface area (Å²) in [5, 5.41) is 0. The lowest BCUT2D eigenvalue weighted by Gasteiger charge is -2.49. The molecule has 110 valence electrons. The largest absolute Gasteiger partial charge is 0.381 e. The van der Waals surface area contributed by atoms with Crippen molar-refractivity contribution in [2.24, 2.45) is 5.92 Å². The van der Waals surface area contributed by atoms with Gasteiger partial charge in [-0.3, -0.25) is 4.90 Å². The number of nitrogens with zero attached hydrogens (tertiary/aromatic N) is 1. The minimum atomic E-state index is 0.502. The van der Waals surface area contributed by atoms with Gasteiger partial charge in [0.1, 0.15) is 0 Å². The molecule has 0 aromatic heterocycles. The molecular weight excluding hydrogens is 258 g/mol. The summed E-state index contributed by atoms with van der Waals surface area (Å²) >= 11 is 2.16. The lowest BCUT2D eigenvalue weighted by atomic mass is 9.91. The second-order valence-electron chi connectivity index (χ2n) is 6.71. The molecule has 3 nitrogen and oxygen atoms in total. The standard InChI is InChI=1S/C15H27NO2S/c1-12(2)16-10-15(11-16)7-14(9-19-15)18-8-13-3-5-17-6-4-13/h12-14H,3-11H2,1-2H3. The molecule has 0 bridgehead atoms. The SMILES string of the molecule is CC(C)N1CC2(CC(OCC3CCOCC3)CS2)C1. The van der Waals surface area contributed by atoms with E-state index in [0.717, 1.165) is 25.7 Å². The molecule has 3 aliphatic rings. The lowest BCUT2D eigenvalue weighted by molar-refractivity contribution is -0.0150. The molecule has 0 aliphatic carbocycles. The zero-order valence-electron chi connectivity index (χ0n) is 12.3. The molecule has 1 unspecified atom stereocenters. The third-order valence-electron chi connectivity index (χ3n) is 4.80. The summed E-state index contributed by atoms with van der Waals surface area (Å²) in [6.07, 6.45) is 4.14. The number of likely N-dealkylation sites (tertiary alicyclic amines) is 1. The second-order valence-corrected chi connectivity index (χ2v) is 8.20. The monoisotopic (exact) mass is 285 g/mol. The first kappa shape index (κ1) is 14.2. The van der Waals surface area contributed by atoms with Gasteiger partial charge in [0.25, 0.3) is 0 Å². The van der Waals surface area contributed by atoms with Crippen molar-refractivity contribution in [1.82, 2.24) is 4.90 Å². The van der Waals surface area contributed by atoms with Crippen molar-refractivity contribution >= 4 is 11.8 Å². The van der Waals surface area contributed by atoms with Gasteiger partial charge in [0.2, 0.25) is 0 Å². The van der Waals surface area contributed by atoms with Crippen LogP contribution in [0.3, 0.4) is 0 Å². The summed E-state index contributed by atoms with van der Waals surface area (Å²) in [6, 6.07) is 0.702. The number of hydrogen-bond donors (Lipinski definition) is 0. The molecule has 3 rings (SSSR count). The minimum absolute atomic E-state index is 0.502. The van der Waals surface area contributed by atoms with Crippen LogP contribution in [-0.2, 0) is 9.47 Å². The fourth-order valence-corrected chi connectivity index (χ4v) is 4.95. The highest BCUT2D eigenvalue weighted by Gasteiger charge is 2.49. The quantitative estimate of drug-likeness (QED) is 0.790. The Balaban J connectivity index is 1.38. The van der Waals surface area contributed by atoms with Crippen molar-refractivity contribution < 1.29 is 9.47 Å². The molecule has 19 heavy (non-hydrogen) atoms. The van der Waals surface area contributed by atoms with Crippen molar-refractivity contribution in [2.45, 2.75) is 50.0 Å². The van der Waals surface area contributed by atoms with E-state index < -0.39 is 0 Å². The normalized spacial score (nSPS) is 32.1. The predicted octanol–water partition coefficient (Wildman–Crippen LogP) is 2.40. The molecule has 0 radical (unpaired) electrons. The van der Waals surface area contributed by atoms with E-state index in [0.29, 0.717) is 16.9 Å². The Labute approximate surface area is 121 Å². The Bertz CT molecular complexity index is 299. The van der Waals surface area contributed by atoms with Gasteiger partial charge in [0.15, 0.2) is 0 Å². The molecule has 0 aromatic rings. The summed E-state index contributed by atoms with van der Waals surface area (Å²) in [4.78, 5) is 2.58. The van der Waals surface area contributed by atoms with Crippen LogP contribution in [0, 0.1) is 5.92 Å². The molecule has 3 aliphatic heterocycles. The Morgan fingerprint density at radius 3 is 2.74 bits per heavy atom. The molecule has 0 amide bonds. The van der Waals surface area contributed by atoms with Crippen LogP contribution >= 0.6 is 11.8 Å². The van der Waals surface area contributed by atoms with Gasteiger partial charge in [0, 0.05) is 49.5 Å². The molecular formula is C15H27NO2S. The summed E-state index contributed by atoms with van der Waals surface area (Å²) in [5.74, 6) is 1.94. The molecule has 1 atom stereocenters. The molecule has 3 fully saturated rings. The van der Waals surface area contributed by atoms with Gasteiger partial charge >= 0.3 is 0 Å². The first-order valence-electron chi connectivity index (χ1n) is 7.74. The highest BCUT2D eigenvalue weighted by molar-refractivity contribution is 8.01. The van der Waals surface area contributed by atoms with E-state index in [2.05, 4.69) is 30.5 Å². The van der Waals surface area contributed by atoms with Gasteiger partial charge in [-0.25, -0.2) is 0 Å². The lowest BCUT2D eigenvalue weighted by Crippen LogP contribution is -2.60. The predicted molar refractivity (Wildman–Crippen MR) is 79.8 cm³/mol. The maximum atomic E-state index is 6.17. The van der Waals surface area contributed by atoms with Gasteiger partial charge in [-0.05, 0) is 39.0 Å². The maximum absolute atomic E-state index is 6.17. The first-order valence-corrected chi connectivity index (χ1v) is 8.73. The average Bonchev–Trinajstić information content (AvgIpc) is 2.80. The van der Waals surface area contributed by atoms with E-state index >= 15 is 0 Å². The van der Waals surface area contributed by atoms with Crippen LogP contribution in [0.1, 0.15) is 33.1 Å². The highest BCUT2D eigenvalue weighted by Crippen LogP contribution is 2.46. The smallest absolute Gasteiger partial charge is 0.0680 e. The maximum Gasteiger partial charge on any atom is 0.0680 e. The van der Waals surface area contributed by atoms with Gasteiger partial charge in [-0.2, -0.15) is 0 Å². The topological polar surface area (TPSA) is 21.7 Å². The Morgan fingerprint density at radius 1 is 1.32 bits per heavy atom. The van der Waals surface area contributed by atoms with Crippen LogP contribution in [0.4, 0.5) is 0 Å². The van der Waals surface area contributed by atoms with E-state index in [1.54, 1.807) is 0 Å². The van der Waals surface area contributed by atoms with Crippen LogP contribution in [0.15, 0.2) is 0 Å². The van der Waals surface area contributed by atoms with E-state index in [-0.39, 0.29) is 0 Å². The summed E-state index contributed by atoms with van der Waals surface area (Å²) in [5.41, 5.74) is 0. The van der Waals surface area contributed by atoms with E-state index in [1.165, 1.54) is 38.1 Å². The van der Waals surface area contributed by atoms with E-state index in [4.69, 9.17) is 9.47 Å². The fraction of sp³-hybridized carbons (Fsp3) is 1.00. The van der Waals surface area contributed by atoms with Crippen LogP contribution in [-0.4, -0.2) is 60.5 Å². The van der Waals surface area contributed by atoms with Crippen LogP contribution in [0.25, 0.3) is 0 Å². The van der Waals surface area contributed by atoms with Gasteiger partial charge in [0.05, 0.1) is 6.10 Å². The van der Waals surface area contributed by atoms with Crippen molar-refractivity contribution in [2.75, 3.05) is 38.7 Å². The molecule has 4 heteroatoms. The molecule has 3 heterocycles. The minimum Gasteiger partial charge on any atom is -0.381 e. The Morgan fingerprint density at radius 2 is 2.05 bits per heavy atom. The van der Waals surface area contributed by atoms with Crippen LogP contribution in [0.5, 0.6) is 0 Å². The summed E-state index contributed by atoms with van der Waals surface area (Å²) < 4.78 is 12.1. The highest BCUT2D eigenvalue weighted by atomic mass is 32.2. The zero-order valence-corrected chi connectivity index (χ0v) is 13.1. The molecule has 1 spiro atoms. The summed E-state index contributed by atoms with van der Waals surface area (Å²) in [6.45, 7) is 9.95. The number of thioether (sulfide) groups is 1. The second kappa shape index (κ2) is 5.92. The van der Waals surface area contributed by atoms with Crippen molar-refractivity contribution in [3.05, 3.63) is 0 Å². The number of hydrogen-bond acceptors (Lipinski definition) is 4. The Hall–Kier alpha value is 0.230. The molecule has 3 saturated heterocycles. The van der Waals surface area contributed by atoms with E-state index in [1.807, 2.05) is 0 Å². The van der Waals surface area contributed by atoms with Crippen LogP contribution in [0.2, 0.25) is 0 Å². The van der Waals surface area contributed by atoms with E-state index in [9.17, 15) is 0 Å². The third kappa shape index (κ3) is 3.29. The number of ether oxygens (including phenoxy) is 2. The van der Waals surface area contributed by atoms with Gasteiger partial charge in [-0.1, -0.05) is 0 Å². The third-order valence-corrected chi connectivity index (χ3v) is 6.37. The Kier molecular flexibility index (Phi) is 4.42. The average molecular weight is 285 g/mol. The molecule has 0 aromatic carbocycles. The molecule has 0 saturated carbocycles. The van der Waals surface area contributed by atoms with Gasteiger partial charge < -0.3 is 9.47 Å². The van der Waals surface area contributed by atoms with Crippen molar-refractivity contribution in [3.8, 4) is 0 Å². The summed E-state index contributed by atoms with van der Waals surface area (Å²) in [7, 11) is 0.